The van der Waals surface area contributed by atoms with Gasteiger partial charge in [-0.05, 0) is 42.3 Å². The van der Waals surface area contributed by atoms with Crippen molar-refractivity contribution in [2.45, 2.75) is 26.1 Å². The summed E-state index contributed by atoms with van der Waals surface area (Å²) in [4.78, 5) is 0. The van der Waals surface area contributed by atoms with Crippen molar-refractivity contribution in [1.29, 1.82) is 0 Å². The maximum Gasteiger partial charge on any atom is 0.210 e. The molecule has 0 aromatic heterocycles. The van der Waals surface area contributed by atoms with Crippen LogP contribution in [0.5, 0.6) is 17.2 Å². The van der Waals surface area contributed by atoms with Gasteiger partial charge >= 0.3 is 0 Å². The van der Waals surface area contributed by atoms with E-state index in [-0.39, 0.29) is 5.92 Å². The summed E-state index contributed by atoms with van der Waals surface area (Å²) in [6.45, 7) is 4.10. The zero-order valence-electron chi connectivity index (χ0n) is 13.1. The number of fused-ring (bicyclic) bond motifs is 1. The third kappa shape index (κ3) is 2.74. The molecule has 116 valence electrons. The van der Waals surface area contributed by atoms with Crippen molar-refractivity contribution >= 4 is 5.69 Å². The Labute approximate surface area is 130 Å². The van der Waals surface area contributed by atoms with Gasteiger partial charge in [-0.25, -0.2) is 0 Å². The van der Waals surface area contributed by atoms with Crippen LogP contribution in [0.4, 0.5) is 5.69 Å². The van der Waals surface area contributed by atoms with Crippen LogP contribution in [0.1, 0.15) is 19.4 Å². The number of hydrogen-bond acceptors (Lipinski definition) is 4. The van der Waals surface area contributed by atoms with Gasteiger partial charge in [0.15, 0.2) is 0 Å². The molecule has 4 heteroatoms. The van der Waals surface area contributed by atoms with Gasteiger partial charge in [-0.3, -0.25) is 0 Å². The highest BCUT2D eigenvalue weighted by Crippen LogP contribution is 2.39. The van der Waals surface area contributed by atoms with Gasteiger partial charge in [0.2, 0.25) is 5.79 Å². The van der Waals surface area contributed by atoms with Crippen molar-refractivity contribution in [2.75, 3.05) is 12.8 Å². The molecule has 1 aliphatic rings. The maximum absolute atomic E-state index is 6.06. The molecule has 1 heterocycles. The molecule has 3 rings (SSSR count). The van der Waals surface area contributed by atoms with E-state index in [1.54, 1.807) is 7.11 Å². The first kappa shape index (κ1) is 14.7. The molecule has 2 atom stereocenters. The van der Waals surface area contributed by atoms with Gasteiger partial charge in [0, 0.05) is 31.7 Å². The molecule has 0 radical (unpaired) electrons. The summed E-state index contributed by atoms with van der Waals surface area (Å²) in [5.41, 5.74) is 7.57. The zero-order chi connectivity index (χ0) is 15.7. The predicted octanol–water partition coefficient (Wildman–Crippen LogP) is 3.99. The van der Waals surface area contributed by atoms with Gasteiger partial charge in [0.1, 0.15) is 17.2 Å². The minimum absolute atomic E-state index is 0.286. The Morgan fingerprint density at radius 1 is 1.14 bits per heavy atom. The molecule has 0 fully saturated rings. The second-order valence-corrected chi connectivity index (χ2v) is 5.87. The summed E-state index contributed by atoms with van der Waals surface area (Å²) in [5.74, 6) is 1.97. The van der Waals surface area contributed by atoms with Gasteiger partial charge in [0.05, 0.1) is 0 Å². The summed E-state index contributed by atoms with van der Waals surface area (Å²) >= 11 is 0. The second-order valence-electron chi connectivity index (χ2n) is 5.87. The Hall–Kier alpha value is -2.20. The first-order chi connectivity index (χ1) is 10.5. The third-order valence-electron chi connectivity index (χ3n) is 4.29. The quantitative estimate of drug-likeness (QED) is 0.871. The standard InChI is InChI=1S/C18H21NO3/c1-12-10-13-4-7-16(11-17(13)22-18(12,2)20-3)21-15-8-5-14(19)6-9-15/h4-9,11-12H,10,19H2,1-3H3. The lowest BCUT2D eigenvalue weighted by Crippen LogP contribution is -2.45. The zero-order valence-corrected chi connectivity index (χ0v) is 13.1. The lowest BCUT2D eigenvalue weighted by atomic mass is 9.90. The number of nitrogens with two attached hydrogens (primary N) is 1. The van der Waals surface area contributed by atoms with E-state index in [2.05, 4.69) is 6.92 Å². The van der Waals surface area contributed by atoms with Crippen LogP contribution in [0.15, 0.2) is 42.5 Å². The van der Waals surface area contributed by atoms with Crippen molar-refractivity contribution in [3.8, 4) is 17.2 Å². The highest BCUT2D eigenvalue weighted by molar-refractivity contribution is 5.46. The molecule has 0 amide bonds. The monoisotopic (exact) mass is 299 g/mol. The van der Waals surface area contributed by atoms with Crippen molar-refractivity contribution in [3.05, 3.63) is 48.0 Å². The first-order valence-electron chi connectivity index (χ1n) is 7.40. The van der Waals surface area contributed by atoms with Gasteiger partial charge in [-0.15, -0.1) is 0 Å². The summed E-state index contributed by atoms with van der Waals surface area (Å²) in [6, 6.07) is 13.2. The van der Waals surface area contributed by atoms with E-state index in [1.807, 2.05) is 49.4 Å². The normalized spacial score (nSPS) is 23.5. The van der Waals surface area contributed by atoms with E-state index in [1.165, 1.54) is 5.56 Å². The van der Waals surface area contributed by atoms with E-state index in [4.69, 9.17) is 19.9 Å². The maximum atomic E-state index is 6.06. The topological polar surface area (TPSA) is 53.7 Å². The average molecular weight is 299 g/mol. The smallest absolute Gasteiger partial charge is 0.210 e. The summed E-state index contributed by atoms with van der Waals surface area (Å²) in [7, 11) is 1.68. The highest BCUT2D eigenvalue weighted by atomic mass is 16.7. The SMILES string of the molecule is COC1(C)Oc2cc(Oc3ccc(N)cc3)ccc2CC1C. The van der Waals surface area contributed by atoms with Crippen LogP contribution in [0.25, 0.3) is 0 Å². The molecule has 2 N–H and O–H groups in total. The van der Waals surface area contributed by atoms with Crippen LogP contribution in [0, 0.1) is 5.92 Å². The Kier molecular flexibility index (Phi) is 3.71. The molecule has 22 heavy (non-hydrogen) atoms. The largest absolute Gasteiger partial charge is 0.462 e. The molecule has 4 nitrogen and oxygen atoms in total. The summed E-state index contributed by atoms with van der Waals surface area (Å²) < 4.78 is 17.4. The number of rotatable bonds is 3. The fourth-order valence-electron chi connectivity index (χ4n) is 2.61. The van der Waals surface area contributed by atoms with Crippen LogP contribution in [-0.2, 0) is 11.2 Å². The molecule has 1 aliphatic heterocycles. The third-order valence-corrected chi connectivity index (χ3v) is 4.29. The lowest BCUT2D eigenvalue weighted by Gasteiger charge is -2.39. The lowest BCUT2D eigenvalue weighted by molar-refractivity contribution is -0.190. The fourth-order valence-corrected chi connectivity index (χ4v) is 2.61. The molecule has 2 aromatic carbocycles. The van der Waals surface area contributed by atoms with Crippen LogP contribution in [-0.4, -0.2) is 12.9 Å². The minimum atomic E-state index is -0.604. The number of hydrogen-bond donors (Lipinski definition) is 1. The number of methoxy groups -OCH3 is 1. The van der Waals surface area contributed by atoms with Crippen LogP contribution in [0.3, 0.4) is 0 Å². The molecule has 2 unspecified atom stereocenters. The van der Waals surface area contributed by atoms with Gasteiger partial charge in [0.25, 0.3) is 0 Å². The van der Waals surface area contributed by atoms with E-state index >= 15 is 0 Å². The average Bonchev–Trinajstić information content (AvgIpc) is 2.51. The van der Waals surface area contributed by atoms with Crippen molar-refractivity contribution in [2.24, 2.45) is 5.92 Å². The van der Waals surface area contributed by atoms with Gasteiger partial charge < -0.3 is 19.9 Å². The number of anilines is 1. The number of nitrogen functional groups attached to an aromatic ring is 1. The minimum Gasteiger partial charge on any atom is -0.462 e. The van der Waals surface area contributed by atoms with Crippen molar-refractivity contribution < 1.29 is 14.2 Å². The number of ether oxygens (including phenoxy) is 3. The van der Waals surface area contributed by atoms with Crippen LogP contribution in [0.2, 0.25) is 0 Å². The molecule has 0 saturated carbocycles. The Morgan fingerprint density at radius 2 is 1.82 bits per heavy atom. The van der Waals surface area contributed by atoms with E-state index in [9.17, 15) is 0 Å². The Morgan fingerprint density at radius 3 is 2.50 bits per heavy atom. The molecule has 0 saturated heterocycles. The Balaban J connectivity index is 1.85. The van der Waals surface area contributed by atoms with E-state index < -0.39 is 5.79 Å². The highest BCUT2D eigenvalue weighted by Gasteiger charge is 2.38. The summed E-state index contributed by atoms with van der Waals surface area (Å²) in [5, 5.41) is 0. The molecule has 0 spiro atoms. The molecule has 2 aromatic rings. The molecule has 0 aliphatic carbocycles. The molecular formula is C18H21NO3. The van der Waals surface area contributed by atoms with Crippen molar-refractivity contribution in [3.63, 3.8) is 0 Å². The van der Waals surface area contributed by atoms with Crippen molar-refractivity contribution in [1.82, 2.24) is 0 Å². The molecular weight excluding hydrogens is 278 g/mol. The number of benzene rings is 2. The van der Waals surface area contributed by atoms with E-state index in [0.29, 0.717) is 5.69 Å². The van der Waals surface area contributed by atoms with E-state index in [0.717, 1.165) is 23.7 Å². The van der Waals surface area contributed by atoms with Gasteiger partial charge in [-0.2, -0.15) is 0 Å². The second kappa shape index (κ2) is 5.54. The summed E-state index contributed by atoms with van der Waals surface area (Å²) in [6.07, 6.45) is 0.918. The fraction of sp³-hybridized carbons (Fsp3) is 0.333. The van der Waals surface area contributed by atoms with Crippen LogP contribution < -0.4 is 15.2 Å². The first-order valence-corrected chi connectivity index (χ1v) is 7.40. The molecule has 0 bridgehead atoms. The Bertz CT molecular complexity index is 669. The van der Waals surface area contributed by atoms with Crippen LogP contribution >= 0.6 is 0 Å². The van der Waals surface area contributed by atoms with Gasteiger partial charge in [-0.1, -0.05) is 13.0 Å². The predicted molar refractivity (Wildman–Crippen MR) is 86.3 cm³/mol.